The summed E-state index contributed by atoms with van der Waals surface area (Å²) in [6.45, 7) is 0. The van der Waals surface area contributed by atoms with E-state index in [1.54, 1.807) is 0 Å². The van der Waals surface area contributed by atoms with Gasteiger partial charge in [0.05, 0.1) is 0 Å². The van der Waals surface area contributed by atoms with Gasteiger partial charge in [-0.05, 0) is 91.0 Å². The van der Waals surface area contributed by atoms with Gasteiger partial charge in [-0.25, -0.2) is 0 Å². The van der Waals surface area contributed by atoms with Crippen LogP contribution in [-0.2, 0) is 0 Å². The molecule has 0 aliphatic carbocycles. The highest BCUT2D eigenvalue weighted by molar-refractivity contribution is 9.10. The smallest absolute Gasteiger partial charge is 0.0493 e. The number of benzene rings is 7. The molecule has 0 radical (unpaired) electrons. The van der Waals surface area contributed by atoms with Crippen molar-refractivity contribution in [2.75, 3.05) is 9.80 Å². The Balaban J connectivity index is 1.29. The van der Waals surface area contributed by atoms with Crippen molar-refractivity contribution < 1.29 is 0 Å². The summed E-state index contributed by atoms with van der Waals surface area (Å²) in [6.07, 6.45) is 0. The molecular formula is C42H27BrN2S2. The first-order valence-corrected chi connectivity index (χ1v) is 18.0. The number of hydrogen-bond donors (Lipinski definition) is 0. The van der Waals surface area contributed by atoms with Crippen molar-refractivity contribution in [2.45, 2.75) is 0 Å². The molecule has 2 aromatic heterocycles. The van der Waals surface area contributed by atoms with Crippen LogP contribution < -0.4 is 9.80 Å². The Hall–Kier alpha value is -4.94. The van der Waals surface area contributed by atoms with Gasteiger partial charge in [-0.3, -0.25) is 0 Å². The van der Waals surface area contributed by atoms with Crippen LogP contribution in [0.2, 0.25) is 0 Å². The van der Waals surface area contributed by atoms with Gasteiger partial charge in [-0.1, -0.05) is 88.7 Å². The minimum absolute atomic E-state index is 1.01. The van der Waals surface area contributed by atoms with Crippen LogP contribution in [0.25, 0.3) is 40.3 Å². The van der Waals surface area contributed by atoms with Crippen molar-refractivity contribution in [1.29, 1.82) is 0 Å². The molecule has 2 heterocycles. The van der Waals surface area contributed by atoms with E-state index in [1.165, 1.54) is 40.3 Å². The molecule has 0 saturated carbocycles. The fourth-order valence-corrected chi connectivity index (χ4v) is 9.21. The first-order chi connectivity index (χ1) is 23.2. The molecule has 9 aromatic rings. The summed E-state index contributed by atoms with van der Waals surface area (Å²) in [6, 6.07) is 59.1. The van der Waals surface area contributed by atoms with Crippen molar-refractivity contribution in [1.82, 2.24) is 0 Å². The Kier molecular flexibility index (Phi) is 7.04. The van der Waals surface area contributed by atoms with E-state index in [-0.39, 0.29) is 0 Å². The minimum atomic E-state index is 1.01. The molecule has 0 spiro atoms. The number of nitrogens with zero attached hydrogens (tertiary/aromatic N) is 2. The average Bonchev–Trinajstić information content (AvgIpc) is 3.67. The second-order valence-corrected chi connectivity index (χ2v) is 14.7. The number of hydrogen-bond acceptors (Lipinski definition) is 4. The van der Waals surface area contributed by atoms with E-state index in [4.69, 9.17) is 0 Å². The standard InChI is InChI=1S/C42H27BrN2S2/c43-28-23-33(44(29-11-3-1-4-12-29)30-13-5-2-6-14-30)25-34(24-28)45(31-19-21-41-37(26-31)35-15-7-9-17-39(35)46-41)32-20-22-42-38(27-32)36-16-8-10-18-40(36)47-42/h1-27H. The molecule has 0 atom stereocenters. The number of rotatable bonds is 6. The molecule has 0 N–H and O–H groups in total. The van der Waals surface area contributed by atoms with Gasteiger partial charge in [0.15, 0.2) is 0 Å². The first kappa shape index (κ1) is 28.3. The number of thiophene rings is 2. The summed E-state index contributed by atoms with van der Waals surface area (Å²) >= 11 is 7.62. The summed E-state index contributed by atoms with van der Waals surface area (Å²) in [4.78, 5) is 4.72. The van der Waals surface area contributed by atoms with Crippen molar-refractivity contribution >= 4 is 113 Å². The topological polar surface area (TPSA) is 6.48 Å². The number of para-hydroxylation sites is 2. The monoisotopic (exact) mass is 702 g/mol. The van der Waals surface area contributed by atoms with Crippen LogP contribution in [0, 0.1) is 0 Å². The van der Waals surface area contributed by atoms with Crippen LogP contribution in [0.4, 0.5) is 34.1 Å². The molecule has 47 heavy (non-hydrogen) atoms. The van der Waals surface area contributed by atoms with E-state index in [2.05, 4.69) is 190 Å². The maximum atomic E-state index is 3.92. The minimum Gasteiger partial charge on any atom is -0.310 e. The summed E-state index contributed by atoms with van der Waals surface area (Å²) in [5.74, 6) is 0. The Morgan fingerprint density at radius 2 is 0.723 bits per heavy atom. The lowest BCUT2D eigenvalue weighted by Gasteiger charge is -2.30. The molecule has 0 bridgehead atoms. The zero-order chi connectivity index (χ0) is 31.3. The van der Waals surface area contributed by atoms with Gasteiger partial charge in [0.1, 0.15) is 0 Å². The largest absolute Gasteiger partial charge is 0.310 e. The van der Waals surface area contributed by atoms with Crippen LogP contribution in [0.15, 0.2) is 168 Å². The predicted octanol–water partition coefficient (Wildman–Crippen LogP) is 14.1. The maximum Gasteiger partial charge on any atom is 0.0493 e. The molecule has 0 aliphatic rings. The van der Waals surface area contributed by atoms with Crippen molar-refractivity contribution in [3.8, 4) is 0 Å². The molecule has 0 fully saturated rings. The Morgan fingerprint density at radius 3 is 1.21 bits per heavy atom. The predicted molar refractivity (Wildman–Crippen MR) is 209 cm³/mol. The van der Waals surface area contributed by atoms with Crippen LogP contribution in [0.3, 0.4) is 0 Å². The van der Waals surface area contributed by atoms with E-state index in [0.29, 0.717) is 0 Å². The first-order valence-electron chi connectivity index (χ1n) is 15.5. The molecule has 7 aromatic carbocycles. The van der Waals surface area contributed by atoms with Crippen LogP contribution in [0.5, 0.6) is 0 Å². The van der Waals surface area contributed by atoms with E-state index < -0.39 is 0 Å². The Labute approximate surface area is 289 Å². The summed E-state index contributed by atoms with van der Waals surface area (Å²) in [5.41, 5.74) is 6.59. The van der Waals surface area contributed by atoms with Crippen LogP contribution in [-0.4, -0.2) is 0 Å². The lowest BCUT2D eigenvalue weighted by Crippen LogP contribution is -2.13. The molecule has 5 heteroatoms. The van der Waals surface area contributed by atoms with Crippen LogP contribution >= 0.6 is 38.6 Å². The second kappa shape index (κ2) is 11.7. The molecule has 0 unspecified atom stereocenters. The number of halogens is 1. The third kappa shape index (κ3) is 5.08. The quantitative estimate of drug-likeness (QED) is 0.170. The van der Waals surface area contributed by atoms with Gasteiger partial charge in [0, 0.05) is 78.9 Å². The third-order valence-corrected chi connectivity index (χ3v) is 11.4. The second-order valence-electron chi connectivity index (χ2n) is 11.6. The lowest BCUT2D eigenvalue weighted by molar-refractivity contribution is 1.25. The fraction of sp³-hybridized carbons (Fsp3) is 0. The highest BCUT2D eigenvalue weighted by Gasteiger charge is 2.20. The molecule has 0 saturated heterocycles. The summed E-state index contributed by atoms with van der Waals surface area (Å²) in [5, 5.41) is 5.15. The number of fused-ring (bicyclic) bond motifs is 6. The Bertz CT molecular complexity index is 2400. The maximum absolute atomic E-state index is 3.92. The summed E-state index contributed by atoms with van der Waals surface area (Å²) in [7, 11) is 0. The molecular weight excluding hydrogens is 677 g/mol. The summed E-state index contributed by atoms with van der Waals surface area (Å²) < 4.78 is 6.22. The van der Waals surface area contributed by atoms with Crippen molar-refractivity contribution in [2.24, 2.45) is 0 Å². The molecule has 0 aliphatic heterocycles. The molecule has 2 nitrogen and oxygen atoms in total. The zero-order valence-electron chi connectivity index (χ0n) is 25.2. The molecule has 224 valence electrons. The molecule has 9 rings (SSSR count). The van der Waals surface area contributed by atoms with Crippen LogP contribution in [0.1, 0.15) is 0 Å². The normalized spacial score (nSPS) is 11.5. The SMILES string of the molecule is Brc1cc(N(c2ccccc2)c2ccccc2)cc(N(c2ccc3sc4ccccc4c3c2)c2ccc3sc4ccccc4c3c2)c1. The van der Waals surface area contributed by atoms with Gasteiger partial charge >= 0.3 is 0 Å². The van der Waals surface area contributed by atoms with Gasteiger partial charge < -0.3 is 9.80 Å². The van der Waals surface area contributed by atoms with Crippen molar-refractivity contribution in [3.05, 3.63) is 168 Å². The van der Waals surface area contributed by atoms with Crippen molar-refractivity contribution in [3.63, 3.8) is 0 Å². The highest BCUT2D eigenvalue weighted by atomic mass is 79.9. The fourth-order valence-electron chi connectivity index (χ4n) is 6.57. The van der Waals surface area contributed by atoms with E-state index in [0.717, 1.165) is 38.6 Å². The van der Waals surface area contributed by atoms with Gasteiger partial charge in [-0.2, -0.15) is 0 Å². The van der Waals surface area contributed by atoms with E-state index in [9.17, 15) is 0 Å². The lowest BCUT2D eigenvalue weighted by atomic mass is 10.1. The van der Waals surface area contributed by atoms with Gasteiger partial charge in [0.25, 0.3) is 0 Å². The average molecular weight is 704 g/mol. The van der Waals surface area contributed by atoms with Gasteiger partial charge in [-0.15, -0.1) is 22.7 Å². The van der Waals surface area contributed by atoms with Gasteiger partial charge in [0.2, 0.25) is 0 Å². The van der Waals surface area contributed by atoms with E-state index >= 15 is 0 Å². The third-order valence-electron chi connectivity index (χ3n) is 8.65. The van der Waals surface area contributed by atoms with E-state index in [1.807, 2.05) is 22.7 Å². The highest BCUT2D eigenvalue weighted by Crippen LogP contribution is 2.46. The Morgan fingerprint density at radius 1 is 0.319 bits per heavy atom. The zero-order valence-corrected chi connectivity index (χ0v) is 28.4. The molecule has 0 amide bonds. The number of anilines is 6.